The lowest BCUT2D eigenvalue weighted by molar-refractivity contribution is -0.0495. The molecule has 74 valence electrons. The Balaban J connectivity index is 2.39. The van der Waals surface area contributed by atoms with E-state index in [-0.39, 0.29) is 5.60 Å². The fourth-order valence-corrected chi connectivity index (χ4v) is 1.60. The van der Waals surface area contributed by atoms with E-state index in [1.807, 2.05) is 37.6 Å². The fraction of sp³-hybridized carbons (Fsp3) is 0.600. The Labute approximate surface area is 83.2 Å². The Kier molecular flexibility index (Phi) is 3.47. The Morgan fingerprint density at radius 1 is 1.54 bits per heavy atom. The predicted octanol–water partition coefficient (Wildman–Crippen LogP) is 2.60. The number of thiophene rings is 1. The molecule has 0 fully saturated rings. The van der Waals surface area contributed by atoms with Crippen molar-refractivity contribution in [2.75, 3.05) is 6.61 Å². The van der Waals surface area contributed by atoms with E-state index in [0.29, 0.717) is 6.61 Å². The summed E-state index contributed by atoms with van der Waals surface area (Å²) in [6.45, 7) is 6.30. The van der Waals surface area contributed by atoms with Crippen molar-refractivity contribution in [3.05, 3.63) is 22.4 Å². The molecule has 13 heavy (non-hydrogen) atoms. The van der Waals surface area contributed by atoms with Gasteiger partial charge in [-0.1, -0.05) is 0 Å². The first-order chi connectivity index (χ1) is 5.99. The molecule has 1 aromatic heterocycles. The molecule has 0 aliphatic carbocycles. The second-order valence-corrected chi connectivity index (χ2v) is 4.78. The van der Waals surface area contributed by atoms with Gasteiger partial charge in [-0.25, -0.2) is 0 Å². The number of ether oxygens (including phenoxy) is 1. The van der Waals surface area contributed by atoms with E-state index in [1.54, 1.807) is 11.3 Å². The van der Waals surface area contributed by atoms with Gasteiger partial charge in [0.15, 0.2) is 0 Å². The molecule has 3 heteroatoms. The van der Waals surface area contributed by atoms with Gasteiger partial charge in [-0.15, -0.1) is 0 Å². The smallest absolute Gasteiger partial charge is 0.103 e. The zero-order valence-electron chi connectivity index (χ0n) is 8.28. The lowest BCUT2D eigenvalue weighted by atomic mass is 10.1. The van der Waals surface area contributed by atoms with E-state index in [0.717, 1.165) is 5.56 Å². The number of aliphatic hydroxyl groups excluding tert-OH is 1. The summed E-state index contributed by atoms with van der Waals surface area (Å²) in [6, 6.07) is 1.92. The average molecular weight is 200 g/mol. The van der Waals surface area contributed by atoms with Crippen LogP contribution in [0.4, 0.5) is 0 Å². The molecular formula is C10H16O2S. The van der Waals surface area contributed by atoms with Crippen LogP contribution in [-0.2, 0) is 4.74 Å². The van der Waals surface area contributed by atoms with Crippen molar-refractivity contribution >= 4 is 11.3 Å². The molecule has 1 unspecified atom stereocenters. The van der Waals surface area contributed by atoms with Gasteiger partial charge in [0.25, 0.3) is 0 Å². The summed E-state index contributed by atoms with van der Waals surface area (Å²) in [4.78, 5) is 0. The van der Waals surface area contributed by atoms with Crippen LogP contribution in [0.25, 0.3) is 0 Å². The van der Waals surface area contributed by atoms with Crippen LogP contribution in [0, 0.1) is 0 Å². The largest absolute Gasteiger partial charge is 0.386 e. The summed E-state index contributed by atoms with van der Waals surface area (Å²) in [6.07, 6.45) is -0.495. The third-order valence-corrected chi connectivity index (χ3v) is 2.30. The molecular weight excluding hydrogens is 184 g/mol. The second kappa shape index (κ2) is 4.22. The van der Waals surface area contributed by atoms with Crippen molar-refractivity contribution < 1.29 is 9.84 Å². The highest BCUT2D eigenvalue weighted by molar-refractivity contribution is 7.07. The average Bonchev–Trinajstić information content (AvgIpc) is 2.50. The number of rotatable bonds is 3. The van der Waals surface area contributed by atoms with Crippen LogP contribution in [-0.4, -0.2) is 17.3 Å². The third kappa shape index (κ3) is 3.89. The minimum Gasteiger partial charge on any atom is -0.386 e. The molecule has 0 aromatic carbocycles. The van der Waals surface area contributed by atoms with E-state index < -0.39 is 6.10 Å². The van der Waals surface area contributed by atoms with Crippen molar-refractivity contribution in [3.8, 4) is 0 Å². The van der Waals surface area contributed by atoms with E-state index >= 15 is 0 Å². The fourth-order valence-electron chi connectivity index (χ4n) is 0.890. The van der Waals surface area contributed by atoms with E-state index in [9.17, 15) is 5.11 Å². The van der Waals surface area contributed by atoms with Crippen molar-refractivity contribution in [1.82, 2.24) is 0 Å². The molecule has 0 aliphatic rings. The quantitative estimate of drug-likeness (QED) is 0.812. The predicted molar refractivity (Wildman–Crippen MR) is 55.0 cm³/mol. The molecule has 0 radical (unpaired) electrons. The van der Waals surface area contributed by atoms with E-state index in [4.69, 9.17) is 4.74 Å². The molecule has 0 bridgehead atoms. The lowest BCUT2D eigenvalue weighted by Crippen LogP contribution is -2.22. The van der Waals surface area contributed by atoms with Gasteiger partial charge in [0.1, 0.15) is 6.10 Å². The lowest BCUT2D eigenvalue weighted by Gasteiger charge is -2.21. The summed E-state index contributed by atoms with van der Waals surface area (Å²) in [5.41, 5.74) is 0.756. The standard InChI is InChI=1S/C10H16O2S/c1-10(2,3)12-6-9(11)8-4-5-13-7-8/h4-5,7,9,11H,6H2,1-3H3. The van der Waals surface area contributed by atoms with Crippen LogP contribution in [0.15, 0.2) is 16.8 Å². The van der Waals surface area contributed by atoms with Gasteiger partial charge in [-0.05, 0) is 43.2 Å². The minimum atomic E-state index is -0.495. The van der Waals surface area contributed by atoms with Gasteiger partial charge in [0.05, 0.1) is 12.2 Å². The highest BCUT2D eigenvalue weighted by Crippen LogP contribution is 2.18. The van der Waals surface area contributed by atoms with Crippen LogP contribution in [0.5, 0.6) is 0 Å². The maximum absolute atomic E-state index is 9.65. The molecule has 2 nitrogen and oxygen atoms in total. The maximum atomic E-state index is 9.65. The molecule has 1 rings (SSSR count). The molecule has 1 atom stereocenters. The third-order valence-electron chi connectivity index (χ3n) is 1.60. The zero-order valence-corrected chi connectivity index (χ0v) is 9.10. The van der Waals surface area contributed by atoms with Crippen LogP contribution < -0.4 is 0 Å². The molecule has 0 saturated carbocycles. The Bertz CT molecular complexity index is 236. The Morgan fingerprint density at radius 2 is 2.23 bits per heavy atom. The molecule has 0 spiro atoms. The topological polar surface area (TPSA) is 29.5 Å². The van der Waals surface area contributed by atoms with Gasteiger partial charge in [0.2, 0.25) is 0 Å². The van der Waals surface area contributed by atoms with Crippen molar-refractivity contribution in [2.45, 2.75) is 32.5 Å². The normalized spacial score (nSPS) is 14.5. The summed E-state index contributed by atoms with van der Waals surface area (Å²) in [5.74, 6) is 0. The summed E-state index contributed by atoms with van der Waals surface area (Å²) >= 11 is 1.59. The Hall–Kier alpha value is -0.380. The summed E-state index contributed by atoms with van der Waals surface area (Å²) in [5, 5.41) is 13.5. The van der Waals surface area contributed by atoms with Gasteiger partial charge < -0.3 is 9.84 Å². The van der Waals surface area contributed by atoms with Crippen LogP contribution in [0.2, 0.25) is 0 Å². The highest BCUT2D eigenvalue weighted by atomic mass is 32.1. The first-order valence-electron chi connectivity index (χ1n) is 4.33. The van der Waals surface area contributed by atoms with Crippen molar-refractivity contribution in [1.29, 1.82) is 0 Å². The molecule has 0 aliphatic heterocycles. The van der Waals surface area contributed by atoms with Crippen molar-refractivity contribution in [3.63, 3.8) is 0 Å². The van der Waals surface area contributed by atoms with Gasteiger partial charge in [-0.2, -0.15) is 11.3 Å². The zero-order chi connectivity index (χ0) is 9.90. The molecule has 1 aromatic rings. The highest BCUT2D eigenvalue weighted by Gasteiger charge is 2.14. The first kappa shape index (κ1) is 10.7. The first-order valence-corrected chi connectivity index (χ1v) is 5.27. The Morgan fingerprint density at radius 3 is 2.69 bits per heavy atom. The molecule has 0 saturated heterocycles. The van der Waals surface area contributed by atoms with Gasteiger partial charge in [0, 0.05) is 0 Å². The van der Waals surface area contributed by atoms with E-state index in [1.165, 1.54) is 0 Å². The second-order valence-electron chi connectivity index (χ2n) is 4.00. The SMILES string of the molecule is CC(C)(C)OCC(O)c1ccsc1. The van der Waals surface area contributed by atoms with Crippen LogP contribution in [0.3, 0.4) is 0 Å². The molecule has 0 amide bonds. The summed E-state index contributed by atoms with van der Waals surface area (Å²) < 4.78 is 5.47. The monoisotopic (exact) mass is 200 g/mol. The van der Waals surface area contributed by atoms with Gasteiger partial charge >= 0.3 is 0 Å². The summed E-state index contributed by atoms with van der Waals surface area (Å²) in [7, 11) is 0. The van der Waals surface area contributed by atoms with Gasteiger partial charge in [-0.3, -0.25) is 0 Å². The van der Waals surface area contributed by atoms with Crippen molar-refractivity contribution in [2.24, 2.45) is 0 Å². The van der Waals surface area contributed by atoms with Crippen LogP contribution in [0.1, 0.15) is 32.4 Å². The minimum absolute atomic E-state index is 0.184. The molecule has 1 N–H and O–H groups in total. The van der Waals surface area contributed by atoms with Crippen LogP contribution >= 0.6 is 11.3 Å². The molecule has 1 heterocycles. The maximum Gasteiger partial charge on any atom is 0.103 e. The van der Waals surface area contributed by atoms with E-state index in [2.05, 4.69) is 0 Å². The number of hydrogen-bond donors (Lipinski definition) is 1. The number of hydrogen-bond acceptors (Lipinski definition) is 3. The number of aliphatic hydroxyl groups is 1.